The van der Waals surface area contributed by atoms with Crippen LogP contribution in [-0.2, 0) is 20.6 Å². The molecule has 1 heterocycles. The Morgan fingerprint density at radius 3 is 2.65 bits per heavy atom. The molecule has 0 aliphatic carbocycles. The molecule has 0 amide bonds. The molecular formula is C13H13BrFN3O2. The Kier molecular flexibility index (Phi) is 4.08. The van der Waals surface area contributed by atoms with Gasteiger partial charge in [0, 0.05) is 31.3 Å². The summed E-state index contributed by atoms with van der Waals surface area (Å²) in [6.45, 7) is 0.138. The van der Waals surface area contributed by atoms with E-state index in [0.29, 0.717) is 15.7 Å². The van der Waals surface area contributed by atoms with E-state index in [9.17, 15) is 14.0 Å². The van der Waals surface area contributed by atoms with Crippen LogP contribution in [0.25, 0.3) is 0 Å². The first-order valence-corrected chi connectivity index (χ1v) is 6.64. The molecule has 20 heavy (non-hydrogen) atoms. The number of hydrogen-bond donors (Lipinski definition) is 1. The van der Waals surface area contributed by atoms with Crippen LogP contribution in [0.15, 0.2) is 38.5 Å². The second-order valence-corrected chi connectivity index (χ2v) is 5.31. The van der Waals surface area contributed by atoms with E-state index in [1.165, 1.54) is 23.9 Å². The third-order valence-electron chi connectivity index (χ3n) is 2.92. The van der Waals surface area contributed by atoms with Gasteiger partial charge < -0.3 is 9.88 Å². The van der Waals surface area contributed by atoms with Crippen molar-refractivity contribution in [3.05, 3.63) is 61.1 Å². The SMILES string of the molecule is Cn1cc(CNc2ccc(Br)cc2F)c(=O)n(C)c1=O. The Balaban J connectivity index is 2.28. The molecule has 0 spiro atoms. The fourth-order valence-electron chi connectivity index (χ4n) is 1.83. The zero-order valence-electron chi connectivity index (χ0n) is 11.0. The topological polar surface area (TPSA) is 56.0 Å². The van der Waals surface area contributed by atoms with Gasteiger partial charge in [-0.05, 0) is 18.2 Å². The van der Waals surface area contributed by atoms with Crippen LogP contribution >= 0.6 is 15.9 Å². The number of halogens is 2. The van der Waals surface area contributed by atoms with E-state index in [0.717, 1.165) is 4.57 Å². The number of aromatic nitrogens is 2. The minimum Gasteiger partial charge on any atom is -0.378 e. The van der Waals surface area contributed by atoms with E-state index in [1.54, 1.807) is 19.2 Å². The molecule has 0 aliphatic rings. The van der Waals surface area contributed by atoms with Gasteiger partial charge in [0.1, 0.15) is 5.82 Å². The van der Waals surface area contributed by atoms with E-state index >= 15 is 0 Å². The van der Waals surface area contributed by atoms with Crippen LogP contribution in [0.5, 0.6) is 0 Å². The molecule has 1 aromatic heterocycles. The van der Waals surface area contributed by atoms with Crippen molar-refractivity contribution in [2.24, 2.45) is 14.1 Å². The van der Waals surface area contributed by atoms with Crippen molar-refractivity contribution in [2.45, 2.75) is 6.54 Å². The van der Waals surface area contributed by atoms with Gasteiger partial charge in [0.25, 0.3) is 5.56 Å². The molecule has 0 atom stereocenters. The minimum atomic E-state index is -0.416. The highest BCUT2D eigenvalue weighted by Crippen LogP contribution is 2.19. The summed E-state index contributed by atoms with van der Waals surface area (Å²) in [5.41, 5.74) is -0.104. The number of nitrogens with one attached hydrogen (secondary N) is 1. The molecule has 2 rings (SSSR count). The highest BCUT2D eigenvalue weighted by molar-refractivity contribution is 9.10. The molecule has 106 valence electrons. The first kappa shape index (κ1) is 14.5. The number of benzene rings is 1. The maximum Gasteiger partial charge on any atom is 0.330 e. The molecule has 1 N–H and O–H groups in total. The number of hydrogen-bond acceptors (Lipinski definition) is 3. The van der Waals surface area contributed by atoms with Gasteiger partial charge in [-0.2, -0.15) is 0 Å². The summed E-state index contributed by atoms with van der Waals surface area (Å²) in [5.74, 6) is -0.416. The van der Waals surface area contributed by atoms with E-state index in [4.69, 9.17) is 0 Å². The number of nitrogens with zero attached hydrogens (tertiary/aromatic N) is 2. The van der Waals surface area contributed by atoms with Crippen molar-refractivity contribution in [1.82, 2.24) is 9.13 Å². The fraction of sp³-hybridized carbons (Fsp3) is 0.231. The molecular weight excluding hydrogens is 329 g/mol. The van der Waals surface area contributed by atoms with Gasteiger partial charge in [-0.1, -0.05) is 15.9 Å². The molecule has 0 radical (unpaired) electrons. The van der Waals surface area contributed by atoms with E-state index < -0.39 is 17.1 Å². The third kappa shape index (κ3) is 2.82. The number of aryl methyl sites for hydroxylation is 1. The summed E-state index contributed by atoms with van der Waals surface area (Å²) in [4.78, 5) is 23.5. The maximum absolute atomic E-state index is 13.6. The number of rotatable bonds is 3. The van der Waals surface area contributed by atoms with Gasteiger partial charge in [-0.3, -0.25) is 9.36 Å². The third-order valence-corrected chi connectivity index (χ3v) is 3.41. The van der Waals surface area contributed by atoms with Crippen LogP contribution in [0.4, 0.5) is 10.1 Å². The highest BCUT2D eigenvalue weighted by atomic mass is 79.9. The molecule has 2 aromatic rings. The average Bonchev–Trinajstić information content (AvgIpc) is 2.40. The predicted octanol–water partition coefficient (Wildman–Crippen LogP) is 1.60. The standard InChI is InChI=1S/C13H13BrFN3O2/c1-17-7-8(12(19)18(2)13(17)20)6-16-11-4-3-9(14)5-10(11)15/h3-5,7,16H,6H2,1-2H3. The lowest BCUT2D eigenvalue weighted by atomic mass is 10.2. The Labute approximate surface area is 122 Å². The highest BCUT2D eigenvalue weighted by Gasteiger charge is 2.08. The van der Waals surface area contributed by atoms with Crippen molar-refractivity contribution in [3.63, 3.8) is 0 Å². The lowest BCUT2D eigenvalue weighted by Gasteiger charge is -2.10. The Hall–Kier alpha value is -1.89. The van der Waals surface area contributed by atoms with Gasteiger partial charge in [0.15, 0.2) is 0 Å². The van der Waals surface area contributed by atoms with Crippen LogP contribution in [-0.4, -0.2) is 9.13 Å². The second-order valence-electron chi connectivity index (χ2n) is 4.39. The van der Waals surface area contributed by atoms with Crippen LogP contribution in [0, 0.1) is 5.82 Å². The molecule has 7 heteroatoms. The smallest absolute Gasteiger partial charge is 0.330 e. The van der Waals surface area contributed by atoms with Crippen molar-refractivity contribution in [1.29, 1.82) is 0 Å². The van der Waals surface area contributed by atoms with Crippen molar-refractivity contribution in [3.8, 4) is 0 Å². The summed E-state index contributed by atoms with van der Waals surface area (Å²) in [6, 6.07) is 4.61. The van der Waals surface area contributed by atoms with Crippen LogP contribution < -0.4 is 16.6 Å². The van der Waals surface area contributed by atoms with Crippen LogP contribution in [0.3, 0.4) is 0 Å². The van der Waals surface area contributed by atoms with Crippen molar-refractivity contribution >= 4 is 21.6 Å². The Morgan fingerprint density at radius 2 is 2.00 bits per heavy atom. The molecule has 0 fully saturated rings. The predicted molar refractivity (Wildman–Crippen MR) is 78.4 cm³/mol. The lowest BCUT2D eigenvalue weighted by molar-refractivity contribution is 0.628. The maximum atomic E-state index is 13.6. The largest absolute Gasteiger partial charge is 0.378 e. The number of anilines is 1. The van der Waals surface area contributed by atoms with Gasteiger partial charge in [-0.15, -0.1) is 0 Å². The van der Waals surface area contributed by atoms with Gasteiger partial charge >= 0.3 is 5.69 Å². The van der Waals surface area contributed by atoms with Gasteiger partial charge in [0.2, 0.25) is 0 Å². The zero-order chi connectivity index (χ0) is 14.9. The van der Waals surface area contributed by atoms with Gasteiger partial charge in [0.05, 0.1) is 11.3 Å². The molecule has 0 bridgehead atoms. The first-order valence-electron chi connectivity index (χ1n) is 5.84. The molecule has 0 saturated heterocycles. The quantitative estimate of drug-likeness (QED) is 0.922. The lowest BCUT2D eigenvalue weighted by Crippen LogP contribution is -2.38. The Bertz CT molecular complexity index is 767. The molecule has 0 saturated carbocycles. The molecule has 1 aromatic carbocycles. The summed E-state index contributed by atoms with van der Waals surface area (Å²) >= 11 is 3.17. The van der Waals surface area contributed by atoms with E-state index in [1.807, 2.05) is 0 Å². The summed E-state index contributed by atoms with van der Waals surface area (Å²) in [6.07, 6.45) is 1.45. The molecule has 0 aliphatic heterocycles. The fourth-order valence-corrected chi connectivity index (χ4v) is 2.16. The summed E-state index contributed by atoms with van der Waals surface area (Å²) in [7, 11) is 2.97. The van der Waals surface area contributed by atoms with Crippen molar-refractivity contribution in [2.75, 3.05) is 5.32 Å². The Morgan fingerprint density at radius 1 is 1.30 bits per heavy atom. The average molecular weight is 342 g/mol. The van der Waals surface area contributed by atoms with Crippen molar-refractivity contribution < 1.29 is 4.39 Å². The van der Waals surface area contributed by atoms with Gasteiger partial charge in [-0.25, -0.2) is 9.18 Å². The van der Waals surface area contributed by atoms with Crippen LogP contribution in [0.1, 0.15) is 5.56 Å². The summed E-state index contributed by atoms with van der Waals surface area (Å²) < 4.78 is 16.6. The first-order chi connectivity index (χ1) is 9.40. The zero-order valence-corrected chi connectivity index (χ0v) is 12.6. The molecule has 0 unspecified atom stereocenters. The summed E-state index contributed by atoms with van der Waals surface area (Å²) in [5, 5.41) is 2.85. The monoisotopic (exact) mass is 341 g/mol. The minimum absolute atomic E-state index is 0.138. The normalized spacial score (nSPS) is 10.6. The van der Waals surface area contributed by atoms with E-state index in [2.05, 4.69) is 21.2 Å². The van der Waals surface area contributed by atoms with E-state index in [-0.39, 0.29) is 6.54 Å². The molecule has 5 nitrogen and oxygen atoms in total. The van der Waals surface area contributed by atoms with Crippen LogP contribution in [0.2, 0.25) is 0 Å². The second kappa shape index (κ2) is 5.62.